The summed E-state index contributed by atoms with van der Waals surface area (Å²) in [6, 6.07) is 41.9. The Hall–Kier alpha value is -6.00. The lowest BCUT2D eigenvalue weighted by Crippen LogP contribution is -2.29. The molecular formula is C45H34N4. The van der Waals surface area contributed by atoms with E-state index in [-0.39, 0.29) is 5.41 Å². The number of fused-ring (bicyclic) bond motifs is 5. The van der Waals surface area contributed by atoms with Crippen LogP contribution in [0.15, 0.2) is 152 Å². The first-order valence-electron chi connectivity index (χ1n) is 16.8. The molecule has 1 aliphatic rings. The SMILES string of the molecule is CC(C)(C)c1ccnc(-c2cc(C3(c4cc(-c5ccccn5)c5ccncc5c4)c4ccccc4-c4ccccc43)cc3cnccc23)c1. The maximum Gasteiger partial charge on any atom is 0.0714 e. The van der Waals surface area contributed by atoms with Gasteiger partial charge >= 0.3 is 0 Å². The van der Waals surface area contributed by atoms with E-state index in [2.05, 4.69) is 140 Å². The van der Waals surface area contributed by atoms with Crippen molar-refractivity contribution in [1.29, 1.82) is 0 Å². The van der Waals surface area contributed by atoms with Gasteiger partial charge in [0.1, 0.15) is 0 Å². The van der Waals surface area contributed by atoms with E-state index in [0.717, 1.165) is 49.6 Å². The van der Waals surface area contributed by atoms with Crippen LogP contribution in [0.3, 0.4) is 0 Å². The Morgan fingerprint density at radius 2 is 1.02 bits per heavy atom. The molecule has 4 aromatic heterocycles. The molecule has 0 radical (unpaired) electrons. The van der Waals surface area contributed by atoms with Gasteiger partial charge in [0.15, 0.2) is 0 Å². The summed E-state index contributed by atoms with van der Waals surface area (Å²) < 4.78 is 0. The number of nitrogens with zero attached hydrogens (tertiary/aromatic N) is 4. The van der Waals surface area contributed by atoms with Crippen LogP contribution in [0.25, 0.3) is 55.2 Å². The second kappa shape index (κ2) is 11.0. The van der Waals surface area contributed by atoms with Crippen LogP contribution < -0.4 is 0 Å². The maximum absolute atomic E-state index is 4.98. The van der Waals surface area contributed by atoms with E-state index in [0.29, 0.717) is 0 Å². The third-order valence-corrected chi connectivity index (χ3v) is 10.2. The number of aromatic nitrogens is 4. The molecule has 0 unspecified atom stereocenters. The fourth-order valence-corrected chi connectivity index (χ4v) is 7.87. The molecule has 0 atom stereocenters. The summed E-state index contributed by atoms with van der Waals surface area (Å²) in [7, 11) is 0. The van der Waals surface area contributed by atoms with Gasteiger partial charge in [0.2, 0.25) is 0 Å². The van der Waals surface area contributed by atoms with Gasteiger partial charge in [-0.1, -0.05) is 75.4 Å². The van der Waals surface area contributed by atoms with Gasteiger partial charge in [-0.2, -0.15) is 0 Å². The second-order valence-corrected chi connectivity index (χ2v) is 14.0. The molecule has 4 heteroatoms. The molecule has 1 aliphatic carbocycles. The van der Waals surface area contributed by atoms with E-state index in [4.69, 9.17) is 9.97 Å². The second-order valence-electron chi connectivity index (χ2n) is 14.0. The van der Waals surface area contributed by atoms with Crippen LogP contribution in [-0.2, 0) is 10.8 Å². The molecule has 0 saturated heterocycles. The van der Waals surface area contributed by atoms with Crippen molar-refractivity contribution in [2.45, 2.75) is 31.6 Å². The Balaban J connectivity index is 1.44. The lowest BCUT2D eigenvalue weighted by atomic mass is 9.66. The van der Waals surface area contributed by atoms with Crippen LogP contribution in [0.5, 0.6) is 0 Å². The van der Waals surface area contributed by atoms with E-state index >= 15 is 0 Å². The van der Waals surface area contributed by atoms with Crippen molar-refractivity contribution in [3.8, 4) is 33.6 Å². The van der Waals surface area contributed by atoms with Crippen molar-refractivity contribution in [1.82, 2.24) is 19.9 Å². The van der Waals surface area contributed by atoms with Crippen molar-refractivity contribution in [3.63, 3.8) is 0 Å². The third kappa shape index (κ3) is 4.51. The summed E-state index contributed by atoms with van der Waals surface area (Å²) >= 11 is 0. The van der Waals surface area contributed by atoms with Crippen molar-refractivity contribution in [3.05, 3.63) is 180 Å². The number of hydrogen-bond donors (Lipinski definition) is 0. The molecule has 4 heterocycles. The zero-order valence-corrected chi connectivity index (χ0v) is 27.7. The van der Waals surface area contributed by atoms with Gasteiger partial charge in [-0.15, -0.1) is 0 Å². The highest BCUT2D eigenvalue weighted by Gasteiger charge is 2.46. The lowest BCUT2D eigenvalue weighted by Gasteiger charge is -2.35. The molecule has 49 heavy (non-hydrogen) atoms. The summed E-state index contributed by atoms with van der Waals surface area (Å²) in [5, 5.41) is 4.40. The Morgan fingerprint density at radius 3 is 1.59 bits per heavy atom. The van der Waals surface area contributed by atoms with E-state index in [1.807, 2.05) is 43.2 Å². The fourth-order valence-electron chi connectivity index (χ4n) is 7.87. The topological polar surface area (TPSA) is 51.6 Å². The van der Waals surface area contributed by atoms with Crippen molar-refractivity contribution in [2.75, 3.05) is 0 Å². The number of rotatable bonds is 4. The highest BCUT2D eigenvalue weighted by molar-refractivity contribution is 6.00. The summed E-state index contributed by atoms with van der Waals surface area (Å²) in [6.45, 7) is 6.75. The Labute approximate surface area is 286 Å². The highest BCUT2D eigenvalue weighted by Crippen LogP contribution is 2.57. The molecule has 0 aliphatic heterocycles. The normalized spacial score (nSPS) is 13.4. The average molecular weight is 631 g/mol. The van der Waals surface area contributed by atoms with Gasteiger partial charge in [0.05, 0.1) is 16.8 Å². The molecule has 4 nitrogen and oxygen atoms in total. The predicted molar refractivity (Wildman–Crippen MR) is 200 cm³/mol. The van der Waals surface area contributed by atoms with Crippen molar-refractivity contribution >= 4 is 21.5 Å². The van der Waals surface area contributed by atoms with Crippen LogP contribution >= 0.6 is 0 Å². The molecule has 234 valence electrons. The minimum absolute atomic E-state index is 0.0157. The number of hydrogen-bond acceptors (Lipinski definition) is 4. The minimum Gasteiger partial charge on any atom is -0.264 e. The maximum atomic E-state index is 4.98. The van der Waals surface area contributed by atoms with E-state index in [9.17, 15) is 0 Å². The third-order valence-electron chi connectivity index (χ3n) is 10.2. The van der Waals surface area contributed by atoms with Gasteiger partial charge in [0, 0.05) is 59.1 Å². The van der Waals surface area contributed by atoms with Crippen LogP contribution in [0.2, 0.25) is 0 Å². The van der Waals surface area contributed by atoms with Gasteiger partial charge in [-0.05, 0) is 116 Å². The molecule has 8 aromatic rings. The van der Waals surface area contributed by atoms with E-state index < -0.39 is 5.41 Å². The van der Waals surface area contributed by atoms with Gasteiger partial charge < -0.3 is 0 Å². The van der Waals surface area contributed by atoms with Crippen molar-refractivity contribution < 1.29 is 0 Å². The molecule has 9 rings (SSSR count). The quantitative estimate of drug-likeness (QED) is 0.194. The molecule has 0 saturated carbocycles. The standard InChI is InChI=1S/C45H34N4/c1-44(2,3)31-15-21-49-43(26-31)39-25-33(23-30-28-47-20-17-35(30)39)45(40-12-6-4-10-36(40)37-11-5-7-13-41(37)45)32-22-29-27-46-19-16-34(29)38(24-32)42-14-8-9-18-48-42/h4-28H,1-3H3. The molecule has 0 bridgehead atoms. The fraction of sp³-hybridized carbons (Fsp3) is 0.111. The van der Waals surface area contributed by atoms with Crippen LogP contribution in [0.4, 0.5) is 0 Å². The summed E-state index contributed by atoms with van der Waals surface area (Å²) in [6.07, 6.45) is 11.5. The predicted octanol–water partition coefficient (Wildman–Crippen LogP) is 10.6. The van der Waals surface area contributed by atoms with E-state index in [1.54, 1.807) is 0 Å². The van der Waals surface area contributed by atoms with Gasteiger partial charge in [-0.25, -0.2) is 0 Å². The molecule has 0 fully saturated rings. The average Bonchev–Trinajstić information content (AvgIpc) is 3.45. The first kappa shape index (κ1) is 29.2. The van der Waals surface area contributed by atoms with Gasteiger partial charge in [0.25, 0.3) is 0 Å². The number of pyridine rings is 4. The number of benzene rings is 4. The summed E-state index contributed by atoms with van der Waals surface area (Å²) in [4.78, 5) is 19.0. The summed E-state index contributed by atoms with van der Waals surface area (Å²) in [5.41, 5.74) is 11.9. The minimum atomic E-state index is -0.652. The summed E-state index contributed by atoms with van der Waals surface area (Å²) in [5.74, 6) is 0. The van der Waals surface area contributed by atoms with E-state index in [1.165, 1.54) is 33.4 Å². The van der Waals surface area contributed by atoms with Crippen LogP contribution in [0.1, 0.15) is 48.6 Å². The molecule has 0 N–H and O–H groups in total. The Kier molecular flexibility index (Phi) is 6.57. The Bertz CT molecular complexity index is 2500. The highest BCUT2D eigenvalue weighted by atomic mass is 14.7. The van der Waals surface area contributed by atoms with Gasteiger partial charge in [-0.3, -0.25) is 19.9 Å². The molecular weight excluding hydrogens is 597 g/mol. The molecule has 0 spiro atoms. The first-order valence-corrected chi connectivity index (χ1v) is 16.8. The van der Waals surface area contributed by atoms with Crippen LogP contribution in [-0.4, -0.2) is 19.9 Å². The smallest absolute Gasteiger partial charge is 0.0714 e. The molecule has 4 aromatic carbocycles. The van der Waals surface area contributed by atoms with Crippen molar-refractivity contribution in [2.24, 2.45) is 0 Å². The lowest BCUT2D eigenvalue weighted by molar-refractivity contribution is 0.589. The largest absolute Gasteiger partial charge is 0.264 e. The first-order chi connectivity index (χ1) is 23.9. The monoisotopic (exact) mass is 630 g/mol. The van der Waals surface area contributed by atoms with Crippen LogP contribution in [0, 0.1) is 0 Å². The zero-order chi connectivity index (χ0) is 33.2. The molecule has 0 amide bonds. The Morgan fingerprint density at radius 1 is 0.469 bits per heavy atom. The zero-order valence-electron chi connectivity index (χ0n) is 27.7.